The van der Waals surface area contributed by atoms with Crippen LogP contribution in [0.4, 0.5) is 17.1 Å². The number of nitrogens with zero attached hydrogens (tertiary/aromatic N) is 1. The van der Waals surface area contributed by atoms with Crippen LogP contribution in [-0.2, 0) is 0 Å². The first-order chi connectivity index (χ1) is 32.3. The summed E-state index contributed by atoms with van der Waals surface area (Å²) < 4.78 is 0. The van der Waals surface area contributed by atoms with E-state index < -0.39 is 16.1 Å². The number of para-hydroxylation sites is 1. The minimum Gasteiger partial charge on any atom is -0.310 e. The second-order valence-corrected chi connectivity index (χ2v) is 24.6. The molecule has 0 unspecified atom stereocenters. The molecule has 1 heterocycles. The average Bonchev–Trinajstić information content (AvgIpc) is 3.39. The van der Waals surface area contributed by atoms with E-state index in [-0.39, 0.29) is 0 Å². The normalized spacial score (nSPS) is 13.5. The van der Waals surface area contributed by atoms with Crippen LogP contribution in [0.5, 0.6) is 0 Å². The molecule has 1 nitrogen and oxygen atoms in total. The third-order valence-electron chi connectivity index (χ3n) is 13.9. The fourth-order valence-corrected chi connectivity index (χ4v) is 23.2. The minimum absolute atomic E-state index is 1.12. The second kappa shape index (κ2) is 16.1. The maximum Gasteiger partial charge on any atom is 0.179 e. The molecule has 12 rings (SSSR count). The molecule has 3 heteroatoms. The highest BCUT2D eigenvalue weighted by molar-refractivity contribution is 7.32. The monoisotopic (exact) mass is 859 g/mol. The lowest BCUT2D eigenvalue weighted by atomic mass is 9.98. The van der Waals surface area contributed by atoms with Gasteiger partial charge < -0.3 is 4.90 Å². The molecule has 0 amide bonds. The molecule has 0 saturated heterocycles. The van der Waals surface area contributed by atoms with Gasteiger partial charge in [0, 0.05) is 16.8 Å². The van der Waals surface area contributed by atoms with Gasteiger partial charge in [0.2, 0.25) is 0 Å². The van der Waals surface area contributed by atoms with Crippen LogP contribution in [0.25, 0.3) is 32.7 Å². The van der Waals surface area contributed by atoms with E-state index in [0.717, 1.165) is 11.4 Å². The Morgan fingerprint density at radius 3 is 1.06 bits per heavy atom. The summed E-state index contributed by atoms with van der Waals surface area (Å²) >= 11 is 0. The Morgan fingerprint density at radius 1 is 0.246 bits per heavy atom. The largest absolute Gasteiger partial charge is 0.310 e. The molecule has 65 heavy (non-hydrogen) atoms. The Kier molecular flexibility index (Phi) is 9.59. The Morgan fingerprint density at radius 2 is 0.585 bits per heavy atom. The van der Waals surface area contributed by atoms with E-state index in [4.69, 9.17) is 0 Å². The van der Waals surface area contributed by atoms with Crippen LogP contribution in [-0.4, -0.2) is 16.1 Å². The Labute approximate surface area is 383 Å². The highest BCUT2D eigenvalue weighted by Crippen LogP contribution is 2.42. The van der Waals surface area contributed by atoms with Crippen LogP contribution in [0.2, 0.25) is 0 Å². The molecular formula is C62H45NSi2. The molecule has 306 valence electrons. The summed E-state index contributed by atoms with van der Waals surface area (Å²) in [6.45, 7) is 0. The molecule has 0 aliphatic carbocycles. The lowest BCUT2D eigenvalue weighted by molar-refractivity contribution is 1.30. The van der Waals surface area contributed by atoms with E-state index in [1.54, 1.807) is 0 Å². The van der Waals surface area contributed by atoms with Crippen molar-refractivity contribution < 1.29 is 0 Å². The maximum atomic E-state index is 2.47. The molecule has 0 aromatic heterocycles. The second-order valence-electron chi connectivity index (χ2n) is 17.1. The predicted octanol–water partition coefficient (Wildman–Crippen LogP) is 10.2. The van der Waals surface area contributed by atoms with Gasteiger partial charge in [0.1, 0.15) is 0 Å². The van der Waals surface area contributed by atoms with Gasteiger partial charge in [-0.15, -0.1) is 0 Å². The summed E-state index contributed by atoms with van der Waals surface area (Å²) in [4.78, 5) is 2.41. The van der Waals surface area contributed by atoms with Gasteiger partial charge in [-0.2, -0.15) is 0 Å². The standard InChI is InChI=1S/C62H45NSi2/c1-5-22-49(23-6-1)63(58-45-48-21-13-14-30-55(48)56-31-15-16-32-57(56)58)50-41-37-46(38-42-50)47-39-43-54(44-40-47)65(53-28-11-4-12-29-53)61-35-19-17-33-59(61)64(51-24-7-2-8-25-51,52-26-9-3-10-27-52)60-34-18-20-36-62(60)65/h1-45H. The average molecular weight is 860 g/mol. The zero-order valence-corrected chi connectivity index (χ0v) is 37.9. The van der Waals surface area contributed by atoms with Crippen molar-refractivity contribution in [1.82, 2.24) is 0 Å². The van der Waals surface area contributed by atoms with Crippen molar-refractivity contribution in [3.8, 4) is 11.1 Å². The molecule has 0 atom stereocenters. The molecular weight excluding hydrogens is 815 g/mol. The van der Waals surface area contributed by atoms with Crippen molar-refractivity contribution in [2.24, 2.45) is 0 Å². The summed E-state index contributed by atoms with van der Waals surface area (Å²) in [6.07, 6.45) is 0. The van der Waals surface area contributed by atoms with E-state index in [1.165, 1.54) is 79.9 Å². The molecule has 0 saturated carbocycles. The van der Waals surface area contributed by atoms with Gasteiger partial charge in [-0.3, -0.25) is 0 Å². The van der Waals surface area contributed by atoms with E-state index in [9.17, 15) is 0 Å². The summed E-state index contributed by atoms with van der Waals surface area (Å²) in [5, 5.41) is 16.6. The number of fused-ring (bicyclic) bond motifs is 5. The van der Waals surface area contributed by atoms with Gasteiger partial charge >= 0.3 is 0 Å². The summed E-state index contributed by atoms with van der Waals surface area (Å²) in [5.41, 5.74) is 5.80. The van der Waals surface area contributed by atoms with Crippen LogP contribution >= 0.6 is 0 Å². The summed E-state index contributed by atoms with van der Waals surface area (Å²) in [7, 11) is -5.62. The lowest BCUT2D eigenvalue weighted by Gasteiger charge is -2.48. The van der Waals surface area contributed by atoms with E-state index in [0.29, 0.717) is 0 Å². The highest BCUT2D eigenvalue weighted by atomic mass is 28.3. The van der Waals surface area contributed by atoms with Crippen LogP contribution in [0.3, 0.4) is 0 Å². The van der Waals surface area contributed by atoms with Crippen LogP contribution < -0.4 is 46.4 Å². The quantitative estimate of drug-likeness (QED) is 0.109. The minimum atomic E-state index is -2.87. The molecule has 11 aromatic rings. The zero-order valence-electron chi connectivity index (χ0n) is 35.9. The predicted molar refractivity (Wildman–Crippen MR) is 282 cm³/mol. The van der Waals surface area contributed by atoms with Crippen molar-refractivity contribution in [1.29, 1.82) is 0 Å². The number of anilines is 3. The molecule has 1 aliphatic rings. The summed E-state index contributed by atoms with van der Waals surface area (Å²) in [6, 6.07) is 103. The molecule has 0 radical (unpaired) electrons. The topological polar surface area (TPSA) is 3.24 Å². The molecule has 0 N–H and O–H groups in total. The van der Waals surface area contributed by atoms with Crippen molar-refractivity contribution >= 4 is 96.2 Å². The number of hydrogen-bond acceptors (Lipinski definition) is 1. The van der Waals surface area contributed by atoms with Gasteiger partial charge in [0.25, 0.3) is 0 Å². The Balaban J connectivity index is 1.01. The fraction of sp³-hybridized carbons (Fsp3) is 0. The van der Waals surface area contributed by atoms with Gasteiger partial charge in [0.15, 0.2) is 16.1 Å². The fourth-order valence-electron chi connectivity index (χ4n) is 11.1. The zero-order chi connectivity index (χ0) is 43.2. The molecule has 0 fully saturated rings. The molecule has 11 aromatic carbocycles. The van der Waals surface area contributed by atoms with E-state index in [1.807, 2.05) is 0 Å². The first-order valence-electron chi connectivity index (χ1n) is 22.6. The van der Waals surface area contributed by atoms with E-state index >= 15 is 0 Å². The number of hydrogen-bond donors (Lipinski definition) is 0. The van der Waals surface area contributed by atoms with E-state index in [2.05, 4.69) is 278 Å². The molecule has 1 aliphatic heterocycles. The molecule has 0 spiro atoms. The SMILES string of the molecule is c1ccc(N(c2ccc(-c3ccc([Si]4(c5ccccc5)c5ccccc5[Si](c5ccccc5)(c5ccccc5)c5ccccc54)cc3)cc2)c2cc3ccccc3c3ccccc23)cc1. The van der Waals surface area contributed by atoms with Gasteiger partial charge in [0.05, 0.1) is 5.69 Å². The Bertz CT molecular complexity index is 3370. The third kappa shape index (κ3) is 6.12. The van der Waals surface area contributed by atoms with Crippen molar-refractivity contribution in [2.45, 2.75) is 0 Å². The van der Waals surface area contributed by atoms with Crippen LogP contribution in [0.15, 0.2) is 273 Å². The number of rotatable bonds is 8. The van der Waals surface area contributed by atoms with Gasteiger partial charge in [-0.05, 0) is 99.1 Å². The highest BCUT2D eigenvalue weighted by Gasteiger charge is 2.56. The van der Waals surface area contributed by atoms with Crippen molar-refractivity contribution in [2.75, 3.05) is 4.90 Å². The maximum absolute atomic E-state index is 2.87. The first-order valence-corrected chi connectivity index (χ1v) is 26.6. The van der Waals surface area contributed by atoms with Gasteiger partial charge in [-0.1, -0.05) is 243 Å². The van der Waals surface area contributed by atoms with Crippen molar-refractivity contribution in [3.63, 3.8) is 0 Å². The Hall–Kier alpha value is -7.83. The van der Waals surface area contributed by atoms with Crippen molar-refractivity contribution in [3.05, 3.63) is 273 Å². The molecule has 0 bridgehead atoms. The smallest absolute Gasteiger partial charge is 0.179 e. The summed E-state index contributed by atoms with van der Waals surface area (Å²) in [5.74, 6) is 0. The first kappa shape index (κ1) is 38.8. The van der Waals surface area contributed by atoms with Gasteiger partial charge in [-0.25, -0.2) is 0 Å². The lowest BCUT2D eigenvalue weighted by Crippen LogP contribution is -2.93. The van der Waals surface area contributed by atoms with Crippen LogP contribution in [0.1, 0.15) is 0 Å². The van der Waals surface area contributed by atoms with Crippen LogP contribution in [0, 0.1) is 0 Å². The number of benzene rings is 11. The third-order valence-corrected chi connectivity index (χ3v) is 24.1.